The van der Waals surface area contributed by atoms with Crippen LogP contribution in [0.3, 0.4) is 0 Å². The number of carbonyl (C=O) groups excluding carboxylic acids is 2. The van der Waals surface area contributed by atoms with Gasteiger partial charge in [0.25, 0.3) is 5.91 Å². The first kappa shape index (κ1) is 19.5. The molecule has 3 aromatic rings. The van der Waals surface area contributed by atoms with Gasteiger partial charge >= 0.3 is 0 Å². The Morgan fingerprint density at radius 1 is 1.16 bits per heavy atom. The highest BCUT2D eigenvalue weighted by Crippen LogP contribution is 2.44. The summed E-state index contributed by atoms with van der Waals surface area (Å²) in [5.41, 5.74) is 0.431. The molecule has 2 aromatic heterocycles. The van der Waals surface area contributed by atoms with Crippen molar-refractivity contribution in [2.24, 2.45) is 0 Å². The van der Waals surface area contributed by atoms with Gasteiger partial charge < -0.3 is 23.6 Å². The summed E-state index contributed by atoms with van der Waals surface area (Å²) in [5, 5.41) is 11.5. The summed E-state index contributed by atoms with van der Waals surface area (Å²) in [6, 6.07) is 9.66. The molecule has 2 aliphatic rings. The molecule has 3 heterocycles. The molecule has 160 valence electrons. The first-order valence-corrected chi connectivity index (χ1v) is 10.4. The third kappa shape index (κ3) is 3.03. The van der Waals surface area contributed by atoms with Crippen molar-refractivity contribution in [2.45, 2.75) is 44.7 Å². The quantitative estimate of drug-likeness (QED) is 0.591. The molecule has 0 saturated heterocycles. The molecule has 1 fully saturated rings. The van der Waals surface area contributed by atoms with Crippen LogP contribution in [0.2, 0.25) is 0 Å². The van der Waals surface area contributed by atoms with Crippen LogP contribution in [-0.4, -0.2) is 34.8 Å². The molecular weight excluding hydrogens is 398 g/mol. The lowest BCUT2D eigenvalue weighted by atomic mass is 9.98. The van der Waals surface area contributed by atoms with Gasteiger partial charge in [-0.25, -0.2) is 0 Å². The summed E-state index contributed by atoms with van der Waals surface area (Å²) in [6.45, 7) is 1.80. The molecule has 1 saturated carbocycles. The highest BCUT2D eigenvalue weighted by molar-refractivity contribution is 6.16. The number of rotatable bonds is 5. The molecule has 1 unspecified atom stereocenters. The first-order chi connectivity index (χ1) is 15.0. The number of carbonyl (C=O) groups is 2. The summed E-state index contributed by atoms with van der Waals surface area (Å²) in [6.07, 6.45) is 3.68. The first-order valence-electron chi connectivity index (χ1n) is 10.4. The number of furan rings is 2. The normalized spacial score (nSPS) is 19.7. The van der Waals surface area contributed by atoms with Crippen molar-refractivity contribution in [1.29, 1.82) is 0 Å². The van der Waals surface area contributed by atoms with Gasteiger partial charge in [0.2, 0.25) is 5.78 Å². The highest BCUT2D eigenvalue weighted by atomic mass is 16.5. The number of hydrogen-bond donors (Lipinski definition) is 1. The van der Waals surface area contributed by atoms with E-state index < -0.39 is 23.5 Å². The molecule has 0 bridgehead atoms. The average molecular weight is 421 g/mol. The zero-order valence-corrected chi connectivity index (χ0v) is 17.4. The number of ether oxygens (including phenoxy) is 1. The van der Waals surface area contributed by atoms with Gasteiger partial charge in [-0.3, -0.25) is 9.59 Å². The fourth-order valence-corrected chi connectivity index (χ4v) is 4.74. The van der Waals surface area contributed by atoms with E-state index >= 15 is 0 Å². The van der Waals surface area contributed by atoms with Crippen LogP contribution in [-0.2, 0) is 4.79 Å². The van der Waals surface area contributed by atoms with Gasteiger partial charge in [-0.2, -0.15) is 0 Å². The smallest absolute Gasteiger partial charge is 0.290 e. The maximum absolute atomic E-state index is 13.6. The Bertz CT molecular complexity index is 1210. The molecule has 0 spiro atoms. The molecular formula is C24H23NO6. The number of aliphatic hydroxyl groups excluding tert-OH is 1. The van der Waals surface area contributed by atoms with Crippen molar-refractivity contribution < 1.29 is 28.3 Å². The van der Waals surface area contributed by atoms with Crippen LogP contribution in [0.25, 0.3) is 11.0 Å². The number of aryl methyl sites for hydroxylation is 1. The summed E-state index contributed by atoms with van der Waals surface area (Å²) in [4.78, 5) is 28.2. The summed E-state index contributed by atoms with van der Waals surface area (Å²) in [5.74, 6) is 0.0489. The van der Waals surface area contributed by atoms with E-state index in [1.165, 1.54) is 7.11 Å². The molecule has 1 atom stereocenters. The van der Waals surface area contributed by atoms with E-state index in [4.69, 9.17) is 13.6 Å². The lowest BCUT2D eigenvalue weighted by molar-refractivity contribution is -0.132. The predicted octanol–water partition coefficient (Wildman–Crippen LogP) is 4.86. The largest absolute Gasteiger partial charge is 0.503 e. The number of para-hydroxylation sites is 1. The van der Waals surface area contributed by atoms with E-state index in [1.54, 1.807) is 42.2 Å². The van der Waals surface area contributed by atoms with Crippen molar-refractivity contribution >= 4 is 22.7 Å². The molecule has 5 rings (SSSR count). The number of aliphatic hydroxyl groups is 1. The van der Waals surface area contributed by atoms with Crippen LogP contribution in [0, 0.1) is 6.92 Å². The Hall–Kier alpha value is -3.48. The molecule has 7 nitrogen and oxygen atoms in total. The number of benzene rings is 1. The minimum Gasteiger partial charge on any atom is -0.503 e. The fourth-order valence-electron chi connectivity index (χ4n) is 4.74. The standard InChI is InChI=1S/C24H23NO6/c1-13-10-11-16(30-13)20-19(22(27)24(28)25(20)15-7-3-4-8-15)21(26)18-12-14-6-5-9-17(29-2)23(14)31-18/h5-6,9-12,15,20,27H,3-4,7-8H2,1-2H3. The third-order valence-corrected chi connectivity index (χ3v) is 6.19. The van der Waals surface area contributed by atoms with Crippen molar-refractivity contribution in [3.05, 3.63) is 65.0 Å². The number of Topliss-reactive ketones (excluding diaryl/α,β-unsaturated/α-hetero) is 1. The number of methoxy groups -OCH3 is 1. The minimum atomic E-state index is -0.785. The van der Waals surface area contributed by atoms with Gasteiger partial charge in [0.15, 0.2) is 22.9 Å². The Labute approximate surface area is 178 Å². The van der Waals surface area contributed by atoms with E-state index in [1.807, 2.05) is 6.07 Å². The summed E-state index contributed by atoms with van der Waals surface area (Å²) >= 11 is 0. The SMILES string of the molecule is COc1cccc2cc(C(=O)C3=C(O)C(=O)N(C4CCCC4)C3c3ccc(C)o3)oc12. The van der Waals surface area contributed by atoms with Gasteiger partial charge in [0.05, 0.1) is 12.7 Å². The van der Waals surface area contributed by atoms with Crippen LogP contribution in [0.4, 0.5) is 0 Å². The monoisotopic (exact) mass is 421 g/mol. The van der Waals surface area contributed by atoms with Crippen molar-refractivity contribution in [3.63, 3.8) is 0 Å². The van der Waals surface area contributed by atoms with E-state index in [0.717, 1.165) is 25.7 Å². The third-order valence-electron chi connectivity index (χ3n) is 6.19. The number of nitrogens with zero attached hydrogens (tertiary/aromatic N) is 1. The topological polar surface area (TPSA) is 93.1 Å². The predicted molar refractivity (Wildman–Crippen MR) is 112 cm³/mol. The van der Waals surface area contributed by atoms with Crippen molar-refractivity contribution in [2.75, 3.05) is 7.11 Å². The molecule has 1 aliphatic carbocycles. The van der Waals surface area contributed by atoms with E-state index in [-0.39, 0.29) is 17.4 Å². The molecule has 1 N–H and O–H groups in total. The van der Waals surface area contributed by atoms with Gasteiger partial charge in [-0.05, 0) is 44.0 Å². The number of amides is 1. The molecule has 7 heteroatoms. The van der Waals surface area contributed by atoms with E-state index in [0.29, 0.717) is 28.2 Å². The van der Waals surface area contributed by atoms with E-state index in [9.17, 15) is 14.7 Å². The van der Waals surface area contributed by atoms with Gasteiger partial charge in [0, 0.05) is 11.4 Å². The van der Waals surface area contributed by atoms with Crippen LogP contribution < -0.4 is 4.74 Å². The Morgan fingerprint density at radius 2 is 1.94 bits per heavy atom. The molecule has 1 aromatic carbocycles. The number of ketones is 1. The van der Waals surface area contributed by atoms with Gasteiger partial charge in [-0.15, -0.1) is 0 Å². The zero-order valence-electron chi connectivity index (χ0n) is 17.4. The summed E-state index contributed by atoms with van der Waals surface area (Å²) < 4.78 is 17.0. The second kappa shape index (κ2) is 7.34. The molecule has 1 aliphatic heterocycles. The Kier molecular flexibility index (Phi) is 4.61. The molecule has 31 heavy (non-hydrogen) atoms. The number of hydrogen-bond acceptors (Lipinski definition) is 6. The van der Waals surface area contributed by atoms with Crippen molar-refractivity contribution in [1.82, 2.24) is 4.90 Å². The summed E-state index contributed by atoms with van der Waals surface area (Å²) in [7, 11) is 1.53. The second-order valence-electron chi connectivity index (χ2n) is 8.08. The molecule has 0 radical (unpaired) electrons. The van der Waals surface area contributed by atoms with Gasteiger partial charge in [-0.1, -0.05) is 25.0 Å². The Balaban J connectivity index is 1.61. The lowest BCUT2D eigenvalue weighted by Crippen LogP contribution is -2.38. The van der Waals surface area contributed by atoms with Gasteiger partial charge in [0.1, 0.15) is 17.6 Å². The second-order valence-corrected chi connectivity index (χ2v) is 8.08. The maximum Gasteiger partial charge on any atom is 0.290 e. The van der Waals surface area contributed by atoms with Crippen LogP contribution in [0.5, 0.6) is 5.75 Å². The minimum absolute atomic E-state index is 0.00993. The zero-order chi connectivity index (χ0) is 21.7. The van der Waals surface area contributed by atoms with Crippen LogP contribution >= 0.6 is 0 Å². The highest BCUT2D eigenvalue weighted by Gasteiger charge is 2.49. The number of fused-ring (bicyclic) bond motifs is 1. The fraction of sp³-hybridized carbons (Fsp3) is 0.333. The molecule has 1 amide bonds. The average Bonchev–Trinajstić information content (AvgIpc) is 3.54. The van der Waals surface area contributed by atoms with Crippen molar-refractivity contribution in [3.8, 4) is 5.75 Å². The Morgan fingerprint density at radius 3 is 2.61 bits per heavy atom. The van der Waals surface area contributed by atoms with Crippen LogP contribution in [0.1, 0.15) is 53.8 Å². The maximum atomic E-state index is 13.6. The lowest BCUT2D eigenvalue weighted by Gasteiger charge is -2.30. The van der Waals surface area contributed by atoms with Crippen LogP contribution in [0.15, 0.2) is 56.6 Å². The van der Waals surface area contributed by atoms with E-state index in [2.05, 4.69) is 0 Å².